The first-order chi connectivity index (χ1) is 8.25. The number of hydrogen-bond acceptors (Lipinski definition) is 6. The molecule has 0 amide bonds. The molecule has 0 aromatic carbocycles. The summed E-state index contributed by atoms with van der Waals surface area (Å²) in [5.74, 6) is 1.42. The predicted molar refractivity (Wildman–Crippen MR) is 64.6 cm³/mol. The normalized spacial score (nSPS) is 10.4. The second-order valence-electron chi connectivity index (χ2n) is 3.41. The number of hydrogen-bond donors (Lipinski definition) is 3. The van der Waals surface area contributed by atoms with Crippen LogP contribution in [0.1, 0.15) is 12.2 Å². The van der Waals surface area contributed by atoms with Crippen LogP contribution in [0.15, 0.2) is 12.5 Å². The van der Waals surface area contributed by atoms with Gasteiger partial charge in [-0.05, 0) is 18.0 Å². The minimum Gasteiger partial charge on any atom is -0.394 e. The SMILES string of the molecule is Nc1cnc(Cl)nc1NCCCc1ncn[nH]1. The molecule has 0 radical (unpaired) electrons. The van der Waals surface area contributed by atoms with Gasteiger partial charge >= 0.3 is 0 Å². The molecule has 90 valence electrons. The second kappa shape index (κ2) is 5.44. The average molecular weight is 254 g/mol. The fraction of sp³-hybridized carbons (Fsp3) is 0.333. The van der Waals surface area contributed by atoms with Crippen molar-refractivity contribution in [3.05, 3.63) is 23.6 Å². The highest BCUT2D eigenvalue weighted by Crippen LogP contribution is 2.15. The number of nitrogens with zero attached hydrogens (tertiary/aromatic N) is 4. The molecule has 0 unspecified atom stereocenters. The summed E-state index contributed by atoms with van der Waals surface area (Å²) < 4.78 is 0. The van der Waals surface area contributed by atoms with Crippen LogP contribution in [0.3, 0.4) is 0 Å². The van der Waals surface area contributed by atoms with E-state index in [0.29, 0.717) is 11.5 Å². The molecule has 2 rings (SSSR count). The fourth-order valence-corrected chi connectivity index (χ4v) is 1.46. The zero-order valence-electron chi connectivity index (χ0n) is 9.02. The molecule has 0 saturated heterocycles. The topological polar surface area (TPSA) is 105 Å². The Hall–Kier alpha value is -1.89. The number of rotatable bonds is 5. The number of aromatic nitrogens is 5. The monoisotopic (exact) mass is 253 g/mol. The third kappa shape index (κ3) is 3.28. The van der Waals surface area contributed by atoms with Gasteiger partial charge < -0.3 is 11.1 Å². The van der Waals surface area contributed by atoms with Gasteiger partial charge in [-0.25, -0.2) is 9.97 Å². The van der Waals surface area contributed by atoms with Crippen molar-refractivity contribution >= 4 is 23.1 Å². The number of aryl methyl sites for hydroxylation is 1. The summed E-state index contributed by atoms with van der Waals surface area (Å²) in [6, 6.07) is 0. The van der Waals surface area contributed by atoms with Crippen LogP contribution in [0.4, 0.5) is 11.5 Å². The molecule has 0 saturated carbocycles. The molecule has 0 fully saturated rings. The van der Waals surface area contributed by atoms with Crippen LogP contribution in [0.25, 0.3) is 0 Å². The molecule has 0 aliphatic rings. The highest BCUT2D eigenvalue weighted by atomic mass is 35.5. The Labute approximate surface area is 103 Å². The smallest absolute Gasteiger partial charge is 0.224 e. The zero-order chi connectivity index (χ0) is 12.1. The Bertz CT molecular complexity index is 470. The van der Waals surface area contributed by atoms with Gasteiger partial charge in [0, 0.05) is 13.0 Å². The summed E-state index contributed by atoms with van der Waals surface area (Å²) in [5, 5.41) is 9.84. The first-order valence-corrected chi connectivity index (χ1v) is 5.49. The molecule has 0 spiro atoms. The average Bonchev–Trinajstić information content (AvgIpc) is 2.82. The molecule has 2 heterocycles. The van der Waals surface area contributed by atoms with Crippen molar-refractivity contribution in [2.24, 2.45) is 0 Å². The summed E-state index contributed by atoms with van der Waals surface area (Å²) in [6.45, 7) is 0.720. The van der Waals surface area contributed by atoms with Gasteiger partial charge in [-0.2, -0.15) is 10.1 Å². The number of aromatic amines is 1. The number of anilines is 2. The van der Waals surface area contributed by atoms with Crippen molar-refractivity contribution < 1.29 is 0 Å². The van der Waals surface area contributed by atoms with E-state index in [1.807, 2.05) is 0 Å². The lowest BCUT2D eigenvalue weighted by atomic mass is 10.3. The fourth-order valence-electron chi connectivity index (χ4n) is 1.33. The van der Waals surface area contributed by atoms with E-state index in [9.17, 15) is 0 Å². The molecule has 0 aliphatic heterocycles. The summed E-state index contributed by atoms with van der Waals surface area (Å²) >= 11 is 5.67. The van der Waals surface area contributed by atoms with Crippen LogP contribution >= 0.6 is 11.6 Å². The standard InChI is InChI=1S/C9H12ClN7/c10-9-13-4-6(11)8(16-9)12-3-1-2-7-14-5-15-17-7/h4-5H,1-3,11H2,(H,12,13,16)(H,14,15,17). The van der Waals surface area contributed by atoms with E-state index >= 15 is 0 Å². The minimum atomic E-state index is 0.178. The first kappa shape index (κ1) is 11.6. The Kier molecular flexibility index (Phi) is 3.71. The number of nitrogens with two attached hydrogens (primary N) is 1. The van der Waals surface area contributed by atoms with E-state index in [1.165, 1.54) is 12.5 Å². The van der Waals surface area contributed by atoms with Crippen molar-refractivity contribution in [3.8, 4) is 0 Å². The van der Waals surface area contributed by atoms with Crippen LogP contribution in [0.2, 0.25) is 5.28 Å². The van der Waals surface area contributed by atoms with Crippen molar-refractivity contribution in [3.63, 3.8) is 0 Å². The third-order valence-electron chi connectivity index (χ3n) is 2.14. The van der Waals surface area contributed by atoms with Crippen LogP contribution in [0, 0.1) is 0 Å². The Morgan fingerprint density at radius 1 is 1.41 bits per heavy atom. The molecular weight excluding hydrogens is 242 g/mol. The summed E-state index contributed by atoms with van der Waals surface area (Å²) in [7, 11) is 0. The van der Waals surface area contributed by atoms with Gasteiger partial charge in [-0.15, -0.1) is 0 Å². The maximum absolute atomic E-state index is 5.69. The Morgan fingerprint density at radius 3 is 3.06 bits per heavy atom. The van der Waals surface area contributed by atoms with E-state index in [-0.39, 0.29) is 5.28 Å². The summed E-state index contributed by atoms with van der Waals surface area (Å²) in [4.78, 5) is 11.8. The largest absolute Gasteiger partial charge is 0.394 e. The van der Waals surface area contributed by atoms with Gasteiger partial charge in [-0.3, -0.25) is 5.10 Å². The van der Waals surface area contributed by atoms with Crippen molar-refractivity contribution in [2.45, 2.75) is 12.8 Å². The number of halogens is 1. The van der Waals surface area contributed by atoms with Gasteiger partial charge in [0.2, 0.25) is 5.28 Å². The van der Waals surface area contributed by atoms with E-state index in [0.717, 1.165) is 25.2 Å². The molecule has 2 aromatic heterocycles. The van der Waals surface area contributed by atoms with E-state index < -0.39 is 0 Å². The highest BCUT2D eigenvalue weighted by molar-refractivity contribution is 6.28. The van der Waals surface area contributed by atoms with Crippen LogP contribution in [-0.2, 0) is 6.42 Å². The molecule has 7 nitrogen and oxygen atoms in total. The van der Waals surface area contributed by atoms with Gasteiger partial charge in [0.1, 0.15) is 12.2 Å². The lowest BCUT2D eigenvalue weighted by molar-refractivity contribution is 0.803. The van der Waals surface area contributed by atoms with Gasteiger partial charge in [-0.1, -0.05) is 0 Å². The molecule has 0 aliphatic carbocycles. The Morgan fingerprint density at radius 2 is 2.29 bits per heavy atom. The van der Waals surface area contributed by atoms with Gasteiger partial charge in [0.25, 0.3) is 0 Å². The van der Waals surface area contributed by atoms with Crippen LogP contribution < -0.4 is 11.1 Å². The van der Waals surface area contributed by atoms with Crippen molar-refractivity contribution in [2.75, 3.05) is 17.6 Å². The summed E-state index contributed by atoms with van der Waals surface area (Å²) in [5.41, 5.74) is 6.17. The molecule has 17 heavy (non-hydrogen) atoms. The quantitative estimate of drug-likeness (QED) is 0.539. The zero-order valence-corrected chi connectivity index (χ0v) is 9.78. The number of nitrogens with one attached hydrogen (secondary N) is 2. The first-order valence-electron chi connectivity index (χ1n) is 5.12. The third-order valence-corrected chi connectivity index (χ3v) is 2.32. The molecular formula is C9H12ClN7. The predicted octanol–water partition coefficient (Wildman–Crippen LogP) is 0.875. The molecule has 0 atom stereocenters. The van der Waals surface area contributed by atoms with Crippen LogP contribution in [-0.4, -0.2) is 31.7 Å². The molecule has 2 aromatic rings. The highest BCUT2D eigenvalue weighted by Gasteiger charge is 2.02. The van der Waals surface area contributed by atoms with Gasteiger partial charge in [0.15, 0.2) is 5.82 Å². The van der Waals surface area contributed by atoms with Crippen LogP contribution in [0.5, 0.6) is 0 Å². The second-order valence-corrected chi connectivity index (χ2v) is 3.74. The summed E-state index contributed by atoms with van der Waals surface area (Å²) in [6.07, 6.45) is 4.67. The molecule has 4 N–H and O–H groups in total. The lowest BCUT2D eigenvalue weighted by Crippen LogP contribution is -2.08. The maximum Gasteiger partial charge on any atom is 0.224 e. The van der Waals surface area contributed by atoms with E-state index in [2.05, 4.69) is 30.5 Å². The van der Waals surface area contributed by atoms with E-state index in [4.69, 9.17) is 17.3 Å². The number of H-pyrrole nitrogens is 1. The lowest BCUT2D eigenvalue weighted by Gasteiger charge is -2.07. The number of nitrogen functional groups attached to an aromatic ring is 1. The van der Waals surface area contributed by atoms with Crippen molar-refractivity contribution in [1.82, 2.24) is 25.1 Å². The van der Waals surface area contributed by atoms with Crippen molar-refractivity contribution in [1.29, 1.82) is 0 Å². The molecule has 0 bridgehead atoms. The minimum absolute atomic E-state index is 0.178. The Balaban J connectivity index is 1.80. The van der Waals surface area contributed by atoms with Gasteiger partial charge in [0.05, 0.1) is 11.9 Å². The maximum atomic E-state index is 5.69. The van der Waals surface area contributed by atoms with E-state index in [1.54, 1.807) is 0 Å². The molecule has 8 heteroatoms.